The van der Waals surface area contributed by atoms with Crippen molar-refractivity contribution in [3.8, 4) is 0 Å². The maximum absolute atomic E-state index is 11.6. The lowest BCUT2D eigenvalue weighted by molar-refractivity contribution is -0.124. The van der Waals surface area contributed by atoms with Crippen molar-refractivity contribution in [1.82, 2.24) is 10.6 Å². The van der Waals surface area contributed by atoms with Crippen molar-refractivity contribution in [1.29, 1.82) is 0 Å². The van der Waals surface area contributed by atoms with Gasteiger partial charge in [-0.25, -0.2) is 0 Å². The first-order chi connectivity index (χ1) is 6.31. The second kappa shape index (κ2) is 4.99. The highest BCUT2D eigenvalue weighted by Crippen LogP contribution is 2.33. The molecule has 2 N–H and O–H groups in total. The van der Waals surface area contributed by atoms with E-state index in [9.17, 15) is 4.79 Å². The lowest BCUT2D eigenvalue weighted by atomic mass is 10.1. The topological polar surface area (TPSA) is 41.1 Å². The van der Waals surface area contributed by atoms with Crippen molar-refractivity contribution in [3.05, 3.63) is 0 Å². The van der Waals surface area contributed by atoms with Crippen LogP contribution in [-0.2, 0) is 4.79 Å². The average Bonchev–Trinajstić information content (AvgIpc) is 2.68. The number of amides is 1. The Kier molecular flexibility index (Phi) is 4.20. The Morgan fingerprint density at radius 1 is 1.57 bits per heavy atom. The molecule has 0 aromatic heterocycles. The normalized spacial score (nSPS) is 34.8. The lowest BCUT2D eigenvalue weighted by Gasteiger charge is -2.08. The summed E-state index contributed by atoms with van der Waals surface area (Å²) in [7, 11) is 0. The largest absolute Gasteiger partial charge is 0.353 e. The summed E-state index contributed by atoms with van der Waals surface area (Å²) in [6.07, 6.45) is 3.41. The van der Waals surface area contributed by atoms with Gasteiger partial charge in [-0.1, -0.05) is 13.3 Å². The van der Waals surface area contributed by atoms with Gasteiger partial charge in [0, 0.05) is 12.6 Å². The van der Waals surface area contributed by atoms with Gasteiger partial charge in [0.15, 0.2) is 0 Å². The van der Waals surface area contributed by atoms with Crippen LogP contribution in [0.15, 0.2) is 0 Å². The molecule has 0 aromatic carbocycles. The summed E-state index contributed by atoms with van der Waals surface area (Å²) >= 11 is 0. The summed E-state index contributed by atoms with van der Waals surface area (Å²) < 4.78 is 0. The molecule has 0 aromatic rings. The molecule has 2 unspecified atom stereocenters. The van der Waals surface area contributed by atoms with Crippen LogP contribution in [-0.4, -0.2) is 25.0 Å². The van der Waals surface area contributed by atoms with Crippen molar-refractivity contribution < 1.29 is 4.79 Å². The Morgan fingerprint density at radius 3 is 2.86 bits per heavy atom. The molecule has 2 rings (SSSR count). The van der Waals surface area contributed by atoms with E-state index in [2.05, 4.69) is 17.6 Å². The fourth-order valence-electron chi connectivity index (χ4n) is 2.05. The van der Waals surface area contributed by atoms with Gasteiger partial charge in [-0.2, -0.15) is 0 Å². The zero-order valence-electron chi connectivity index (χ0n) is 8.58. The van der Waals surface area contributed by atoms with E-state index < -0.39 is 0 Å². The predicted octanol–water partition coefficient (Wildman–Crippen LogP) is 0.932. The number of hydrogen-bond acceptors (Lipinski definition) is 2. The van der Waals surface area contributed by atoms with Crippen molar-refractivity contribution in [2.75, 3.05) is 13.1 Å². The summed E-state index contributed by atoms with van der Waals surface area (Å²) in [5, 5.41) is 6.33. The molecular weight excluding hydrogens is 200 g/mol. The number of hydrogen-bond donors (Lipinski definition) is 2. The molecule has 3 atom stereocenters. The SMILES string of the molecule is CCC1CC1NC(=O)[C@@H]1CCNC1.Cl. The molecule has 1 aliphatic heterocycles. The summed E-state index contributed by atoms with van der Waals surface area (Å²) in [5.41, 5.74) is 0. The minimum atomic E-state index is 0. The van der Waals surface area contributed by atoms with Crippen LogP contribution in [0.5, 0.6) is 0 Å². The molecule has 2 aliphatic rings. The van der Waals surface area contributed by atoms with Gasteiger partial charge in [0.05, 0.1) is 5.92 Å². The van der Waals surface area contributed by atoms with Gasteiger partial charge in [0.1, 0.15) is 0 Å². The number of carbonyl (C=O) groups is 1. The summed E-state index contributed by atoms with van der Waals surface area (Å²) in [6.45, 7) is 4.06. The van der Waals surface area contributed by atoms with Crippen LogP contribution in [0.1, 0.15) is 26.2 Å². The van der Waals surface area contributed by atoms with Gasteiger partial charge >= 0.3 is 0 Å². The Balaban J connectivity index is 0.000000980. The molecule has 0 spiro atoms. The molecule has 0 bridgehead atoms. The first-order valence-corrected chi connectivity index (χ1v) is 5.32. The Morgan fingerprint density at radius 2 is 2.36 bits per heavy atom. The van der Waals surface area contributed by atoms with Crippen LogP contribution in [0, 0.1) is 11.8 Å². The molecule has 1 saturated heterocycles. The van der Waals surface area contributed by atoms with Crippen molar-refractivity contribution in [2.24, 2.45) is 11.8 Å². The van der Waals surface area contributed by atoms with E-state index in [1.54, 1.807) is 0 Å². The van der Waals surface area contributed by atoms with Crippen molar-refractivity contribution >= 4 is 18.3 Å². The van der Waals surface area contributed by atoms with E-state index >= 15 is 0 Å². The molecule has 82 valence electrons. The van der Waals surface area contributed by atoms with Crippen LogP contribution in [0.25, 0.3) is 0 Å². The molecule has 14 heavy (non-hydrogen) atoms. The third-order valence-corrected chi connectivity index (χ3v) is 3.21. The van der Waals surface area contributed by atoms with Gasteiger partial charge in [-0.15, -0.1) is 12.4 Å². The molecule has 1 aliphatic carbocycles. The Bertz CT molecular complexity index is 204. The van der Waals surface area contributed by atoms with E-state index in [0.29, 0.717) is 6.04 Å². The minimum absolute atomic E-state index is 0. The van der Waals surface area contributed by atoms with E-state index in [1.165, 1.54) is 12.8 Å². The van der Waals surface area contributed by atoms with Crippen molar-refractivity contribution in [2.45, 2.75) is 32.2 Å². The molecule has 1 heterocycles. The highest BCUT2D eigenvalue weighted by atomic mass is 35.5. The van der Waals surface area contributed by atoms with Crippen molar-refractivity contribution in [3.63, 3.8) is 0 Å². The third kappa shape index (κ3) is 2.61. The third-order valence-electron chi connectivity index (χ3n) is 3.21. The van der Waals surface area contributed by atoms with Gasteiger partial charge in [0.2, 0.25) is 5.91 Å². The zero-order chi connectivity index (χ0) is 9.26. The minimum Gasteiger partial charge on any atom is -0.353 e. The van der Waals surface area contributed by atoms with Gasteiger partial charge in [-0.3, -0.25) is 4.79 Å². The zero-order valence-corrected chi connectivity index (χ0v) is 9.40. The van der Waals surface area contributed by atoms with E-state index in [4.69, 9.17) is 0 Å². The fraction of sp³-hybridized carbons (Fsp3) is 0.900. The highest BCUT2D eigenvalue weighted by Gasteiger charge is 2.37. The maximum atomic E-state index is 11.6. The number of nitrogens with one attached hydrogen (secondary N) is 2. The second-order valence-corrected chi connectivity index (χ2v) is 4.21. The monoisotopic (exact) mass is 218 g/mol. The van der Waals surface area contributed by atoms with Crippen LogP contribution in [0.4, 0.5) is 0 Å². The maximum Gasteiger partial charge on any atom is 0.224 e. The summed E-state index contributed by atoms with van der Waals surface area (Å²) in [5.74, 6) is 1.27. The average molecular weight is 219 g/mol. The molecule has 4 heteroatoms. The Hall–Kier alpha value is -0.280. The molecule has 1 amide bonds. The van der Waals surface area contributed by atoms with E-state index in [0.717, 1.165) is 25.4 Å². The predicted molar refractivity (Wildman–Crippen MR) is 58.6 cm³/mol. The standard InChI is InChI=1S/C10H18N2O.ClH/c1-2-7-5-9(7)12-10(13)8-3-4-11-6-8;/h7-9,11H,2-6H2,1H3,(H,12,13);1H/t7?,8-,9?;/m1./s1. The lowest BCUT2D eigenvalue weighted by Crippen LogP contribution is -2.34. The van der Waals surface area contributed by atoms with Gasteiger partial charge in [0.25, 0.3) is 0 Å². The van der Waals surface area contributed by atoms with Gasteiger partial charge in [-0.05, 0) is 25.3 Å². The van der Waals surface area contributed by atoms with Crippen LogP contribution in [0.3, 0.4) is 0 Å². The quantitative estimate of drug-likeness (QED) is 0.740. The summed E-state index contributed by atoms with van der Waals surface area (Å²) in [6, 6.07) is 0.498. The van der Waals surface area contributed by atoms with E-state index in [1.807, 2.05) is 0 Å². The van der Waals surface area contributed by atoms with Crippen LogP contribution < -0.4 is 10.6 Å². The first-order valence-electron chi connectivity index (χ1n) is 5.32. The summed E-state index contributed by atoms with van der Waals surface area (Å²) in [4.78, 5) is 11.6. The molecular formula is C10H19ClN2O. The van der Waals surface area contributed by atoms with Crippen LogP contribution in [0.2, 0.25) is 0 Å². The first kappa shape index (κ1) is 11.8. The van der Waals surface area contributed by atoms with Crippen LogP contribution >= 0.6 is 12.4 Å². The molecule has 3 nitrogen and oxygen atoms in total. The fourth-order valence-corrected chi connectivity index (χ4v) is 2.05. The number of rotatable bonds is 3. The number of carbonyl (C=O) groups excluding carboxylic acids is 1. The Labute approximate surface area is 91.4 Å². The highest BCUT2D eigenvalue weighted by molar-refractivity contribution is 5.85. The molecule has 0 radical (unpaired) electrons. The smallest absolute Gasteiger partial charge is 0.224 e. The van der Waals surface area contributed by atoms with Gasteiger partial charge < -0.3 is 10.6 Å². The number of halogens is 1. The molecule has 1 saturated carbocycles. The molecule has 2 fully saturated rings. The van der Waals surface area contributed by atoms with E-state index in [-0.39, 0.29) is 24.2 Å². The second-order valence-electron chi connectivity index (χ2n) is 4.21.